The molecule has 0 fully saturated rings. The molecule has 0 unspecified atom stereocenters. The second kappa shape index (κ2) is 6.00. The molecule has 0 saturated carbocycles. The number of ketones is 1. The van der Waals surface area contributed by atoms with Crippen LogP contribution in [0.1, 0.15) is 15.9 Å². The summed E-state index contributed by atoms with van der Waals surface area (Å²) in [6.07, 6.45) is 3.02. The van der Waals surface area contributed by atoms with Gasteiger partial charge in [0, 0.05) is 10.4 Å². The Morgan fingerprint density at radius 3 is 2.59 bits per heavy atom. The molecule has 0 aliphatic carbocycles. The van der Waals surface area contributed by atoms with Gasteiger partial charge in [-0.3, -0.25) is 4.79 Å². The second-order valence-corrected chi connectivity index (χ2v) is 5.17. The van der Waals surface area contributed by atoms with E-state index in [0.29, 0.717) is 16.0 Å². The zero-order valence-corrected chi connectivity index (χ0v) is 12.2. The van der Waals surface area contributed by atoms with Crippen molar-refractivity contribution in [2.45, 2.75) is 0 Å². The Kier molecular flexibility index (Phi) is 3.90. The number of fused-ring (bicyclic) bond motifs is 1. The van der Waals surface area contributed by atoms with Gasteiger partial charge < -0.3 is 4.42 Å². The molecule has 1 aromatic heterocycles. The maximum atomic E-state index is 12.2. The smallest absolute Gasteiger partial charge is 0.347 e. The highest BCUT2D eigenvalue weighted by Crippen LogP contribution is 2.19. The van der Waals surface area contributed by atoms with Crippen molar-refractivity contribution in [1.29, 1.82) is 0 Å². The Morgan fingerprint density at radius 2 is 1.82 bits per heavy atom. The van der Waals surface area contributed by atoms with Crippen LogP contribution in [0.5, 0.6) is 0 Å². The summed E-state index contributed by atoms with van der Waals surface area (Å²) >= 11 is 5.91. The van der Waals surface area contributed by atoms with Crippen molar-refractivity contribution in [2.24, 2.45) is 0 Å². The monoisotopic (exact) mass is 310 g/mol. The fraction of sp³-hybridized carbons (Fsp3) is 0. The van der Waals surface area contributed by atoms with Crippen molar-refractivity contribution >= 4 is 34.4 Å². The minimum absolute atomic E-state index is 0.0121. The van der Waals surface area contributed by atoms with Crippen LogP contribution in [-0.4, -0.2) is 5.78 Å². The van der Waals surface area contributed by atoms with Crippen molar-refractivity contribution in [2.75, 3.05) is 0 Å². The van der Waals surface area contributed by atoms with Gasteiger partial charge in [0.2, 0.25) is 0 Å². The third kappa shape index (κ3) is 3.00. The summed E-state index contributed by atoms with van der Waals surface area (Å²) in [5.41, 5.74) is 0.613. The Balaban J connectivity index is 1.98. The predicted octanol–water partition coefficient (Wildman–Crippen LogP) is 4.34. The summed E-state index contributed by atoms with van der Waals surface area (Å²) in [6, 6.07) is 15.8. The molecule has 4 heteroatoms. The number of benzene rings is 2. The van der Waals surface area contributed by atoms with E-state index >= 15 is 0 Å². The van der Waals surface area contributed by atoms with E-state index in [-0.39, 0.29) is 5.56 Å². The lowest BCUT2D eigenvalue weighted by molar-refractivity contribution is 0.104. The maximum absolute atomic E-state index is 12.2. The van der Waals surface area contributed by atoms with Gasteiger partial charge in [-0.25, -0.2) is 4.79 Å². The van der Waals surface area contributed by atoms with Crippen molar-refractivity contribution in [3.05, 3.63) is 87.2 Å². The Bertz CT molecular complexity index is 924. The summed E-state index contributed by atoms with van der Waals surface area (Å²) in [5, 5.41) is 1.13. The first-order valence-electron chi connectivity index (χ1n) is 6.64. The Morgan fingerprint density at radius 1 is 1.05 bits per heavy atom. The summed E-state index contributed by atoms with van der Waals surface area (Å²) in [5.74, 6) is -0.403. The van der Waals surface area contributed by atoms with Crippen LogP contribution in [0, 0.1) is 0 Å². The molecule has 1 heterocycles. The van der Waals surface area contributed by atoms with E-state index in [1.807, 2.05) is 30.3 Å². The van der Waals surface area contributed by atoms with Gasteiger partial charge in [-0.2, -0.15) is 0 Å². The zero-order chi connectivity index (χ0) is 15.5. The first kappa shape index (κ1) is 14.3. The number of rotatable bonds is 3. The molecule has 0 aliphatic rings. The summed E-state index contributed by atoms with van der Waals surface area (Å²) in [7, 11) is 0. The molecule has 0 saturated heterocycles. The lowest BCUT2D eigenvalue weighted by atomic mass is 10.1. The molecule has 0 spiro atoms. The minimum atomic E-state index is -0.655. The average Bonchev–Trinajstić information content (AvgIpc) is 2.53. The van der Waals surface area contributed by atoms with Crippen molar-refractivity contribution in [1.82, 2.24) is 0 Å². The number of halogens is 1. The van der Waals surface area contributed by atoms with Gasteiger partial charge in [-0.1, -0.05) is 48.0 Å². The van der Waals surface area contributed by atoms with Gasteiger partial charge in [0.25, 0.3) is 0 Å². The van der Waals surface area contributed by atoms with Crippen molar-refractivity contribution in [3.8, 4) is 0 Å². The van der Waals surface area contributed by atoms with E-state index in [1.54, 1.807) is 24.3 Å². The number of allylic oxidation sites excluding steroid dienone is 1. The van der Waals surface area contributed by atoms with Gasteiger partial charge >= 0.3 is 5.63 Å². The molecule has 0 aliphatic heterocycles. The molecule has 0 atom stereocenters. The molecule has 22 heavy (non-hydrogen) atoms. The van der Waals surface area contributed by atoms with Crippen molar-refractivity contribution in [3.63, 3.8) is 0 Å². The summed E-state index contributed by atoms with van der Waals surface area (Å²) in [6.45, 7) is 0. The fourth-order valence-electron chi connectivity index (χ4n) is 2.09. The van der Waals surface area contributed by atoms with Crippen LogP contribution in [-0.2, 0) is 0 Å². The number of hydrogen-bond acceptors (Lipinski definition) is 3. The highest BCUT2D eigenvalue weighted by molar-refractivity contribution is 6.31. The minimum Gasteiger partial charge on any atom is -0.422 e. The Labute approximate surface area is 131 Å². The molecule has 0 amide bonds. The average molecular weight is 311 g/mol. The first-order valence-corrected chi connectivity index (χ1v) is 7.02. The largest absolute Gasteiger partial charge is 0.422 e. The molecule has 108 valence electrons. The van der Waals surface area contributed by atoms with Gasteiger partial charge in [-0.15, -0.1) is 0 Å². The lowest BCUT2D eigenvalue weighted by Gasteiger charge is -2.00. The molecule has 3 nitrogen and oxygen atoms in total. The van der Waals surface area contributed by atoms with Gasteiger partial charge in [0.1, 0.15) is 11.1 Å². The molecule has 2 aromatic carbocycles. The standard InChI is InChI=1S/C18H11ClO3/c19-14-7-9-17-13(10-14)11-15(18(21)22-17)16(20)8-6-12-4-2-1-3-5-12/h1-11H. The maximum Gasteiger partial charge on any atom is 0.347 e. The number of hydrogen-bond donors (Lipinski definition) is 0. The molecule has 0 bridgehead atoms. The quantitative estimate of drug-likeness (QED) is 0.410. The third-order valence-electron chi connectivity index (χ3n) is 3.19. The van der Waals surface area contributed by atoms with Gasteiger partial charge in [0.15, 0.2) is 5.78 Å². The highest BCUT2D eigenvalue weighted by Gasteiger charge is 2.11. The van der Waals surface area contributed by atoms with Gasteiger partial charge in [0.05, 0.1) is 0 Å². The molecule has 3 aromatic rings. The van der Waals surface area contributed by atoms with Crippen LogP contribution in [0.3, 0.4) is 0 Å². The molecule has 0 radical (unpaired) electrons. The molecule has 0 N–H and O–H groups in total. The third-order valence-corrected chi connectivity index (χ3v) is 3.42. The van der Waals surface area contributed by atoms with Crippen LogP contribution in [0.4, 0.5) is 0 Å². The van der Waals surface area contributed by atoms with Crippen LogP contribution < -0.4 is 5.63 Å². The van der Waals surface area contributed by atoms with E-state index in [1.165, 1.54) is 12.1 Å². The van der Waals surface area contributed by atoms with Crippen molar-refractivity contribution < 1.29 is 9.21 Å². The van der Waals surface area contributed by atoms with Gasteiger partial charge in [-0.05, 0) is 35.9 Å². The zero-order valence-electron chi connectivity index (χ0n) is 11.5. The van der Waals surface area contributed by atoms with Crippen LogP contribution >= 0.6 is 11.6 Å². The first-order chi connectivity index (χ1) is 10.6. The van der Waals surface area contributed by atoms with E-state index in [4.69, 9.17) is 16.0 Å². The van der Waals surface area contributed by atoms with Crippen LogP contribution in [0.25, 0.3) is 17.0 Å². The topological polar surface area (TPSA) is 47.3 Å². The summed E-state index contributed by atoms with van der Waals surface area (Å²) < 4.78 is 5.15. The van der Waals surface area contributed by atoms with Crippen LogP contribution in [0.15, 0.2) is 69.9 Å². The number of carbonyl (C=O) groups excluding carboxylic acids is 1. The lowest BCUT2D eigenvalue weighted by Crippen LogP contribution is -2.11. The fourth-order valence-corrected chi connectivity index (χ4v) is 2.27. The van der Waals surface area contributed by atoms with E-state index < -0.39 is 11.4 Å². The predicted molar refractivity (Wildman–Crippen MR) is 87.3 cm³/mol. The highest BCUT2D eigenvalue weighted by atomic mass is 35.5. The molecular formula is C18H11ClO3. The SMILES string of the molecule is O=C(C=Cc1ccccc1)c1cc2cc(Cl)ccc2oc1=O. The second-order valence-electron chi connectivity index (χ2n) is 4.74. The molecule has 3 rings (SSSR count). The Hall–Kier alpha value is -2.65. The van der Waals surface area contributed by atoms with E-state index in [2.05, 4.69) is 0 Å². The van der Waals surface area contributed by atoms with E-state index in [9.17, 15) is 9.59 Å². The van der Waals surface area contributed by atoms with E-state index in [0.717, 1.165) is 5.56 Å². The molecular weight excluding hydrogens is 300 g/mol. The number of carbonyl (C=O) groups is 1. The van der Waals surface area contributed by atoms with Crippen LogP contribution in [0.2, 0.25) is 5.02 Å². The summed E-state index contributed by atoms with van der Waals surface area (Å²) in [4.78, 5) is 24.1. The normalized spacial score (nSPS) is 11.1.